The van der Waals surface area contributed by atoms with E-state index < -0.39 is 17.3 Å². The third-order valence-electron chi connectivity index (χ3n) is 1.18. The average Bonchev–Trinajstić information content (AvgIpc) is 1.83. The number of pyridine rings is 1. The fourth-order valence-corrected chi connectivity index (χ4v) is 1.42. The van der Waals surface area contributed by atoms with Crippen molar-refractivity contribution in [2.24, 2.45) is 0 Å². The maximum Gasteiger partial charge on any atom is 0.418 e. The summed E-state index contributed by atoms with van der Waals surface area (Å²) in [7, 11) is 0. The first-order chi connectivity index (χ1) is 5.41. The molecule has 0 bridgehead atoms. The minimum absolute atomic E-state index is 0.187. The number of halogens is 4. The molecule has 0 aliphatic rings. The van der Waals surface area contributed by atoms with Crippen LogP contribution in [0.5, 0.6) is 0 Å². The zero-order valence-electron chi connectivity index (χ0n) is 5.57. The second-order valence-electron chi connectivity index (χ2n) is 2.05. The summed E-state index contributed by atoms with van der Waals surface area (Å²) >= 11 is 1.44. The highest BCUT2D eigenvalue weighted by Gasteiger charge is 2.33. The second kappa shape index (κ2) is 3.08. The van der Waals surface area contributed by atoms with Crippen LogP contribution in [0.4, 0.5) is 13.2 Å². The molecule has 66 valence electrons. The molecule has 0 atom stereocenters. The Balaban J connectivity index is 3.28. The molecule has 0 fully saturated rings. The monoisotopic (exact) mass is 289 g/mol. The molecule has 1 aromatic rings. The molecule has 1 rings (SSSR count). The van der Waals surface area contributed by atoms with Gasteiger partial charge < -0.3 is 4.98 Å². The Hall–Kier alpha value is -0.530. The largest absolute Gasteiger partial charge is 0.418 e. The molecule has 2 nitrogen and oxygen atoms in total. The summed E-state index contributed by atoms with van der Waals surface area (Å²) in [5.74, 6) is 0. The third kappa shape index (κ3) is 1.99. The van der Waals surface area contributed by atoms with Crippen LogP contribution in [-0.2, 0) is 6.18 Å². The molecule has 1 aromatic heterocycles. The maximum atomic E-state index is 12.1. The summed E-state index contributed by atoms with van der Waals surface area (Å²) in [5.41, 5.74) is -1.35. The Bertz CT molecular complexity index is 343. The summed E-state index contributed by atoms with van der Waals surface area (Å²) in [6.45, 7) is 0. The highest BCUT2D eigenvalue weighted by molar-refractivity contribution is 14.1. The van der Waals surface area contributed by atoms with Crippen LogP contribution in [0, 0.1) is 3.70 Å². The van der Waals surface area contributed by atoms with Gasteiger partial charge in [0, 0.05) is 6.07 Å². The minimum Gasteiger partial charge on any atom is -0.317 e. The Labute approximate surface area is 78.9 Å². The third-order valence-corrected chi connectivity index (χ3v) is 2.03. The first-order valence-electron chi connectivity index (χ1n) is 2.87. The van der Waals surface area contributed by atoms with Gasteiger partial charge in [-0.1, -0.05) is 0 Å². The van der Waals surface area contributed by atoms with Gasteiger partial charge in [0.15, 0.2) is 0 Å². The normalized spacial score (nSPS) is 11.7. The van der Waals surface area contributed by atoms with Gasteiger partial charge in [-0.25, -0.2) is 0 Å². The molecule has 1 heterocycles. The molecule has 1 N–H and O–H groups in total. The molecule has 12 heavy (non-hydrogen) atoms. The molecule has 0 spiro atoms. The highest BCUT2D eigenvalue weighted by Crippen LogP contribution is 2.30. The lowest BCUT2D eigenvalue weighted by Gasteiger charge is -2.06. The van der Waals surface area contributed by atoms with Gasteiger partial charge in [0.05, 0.1) is 9.26 Å². The van der Waals surface area contributed by atoms with E-state index in [-0.39, 0.29) is 3.70 Å². The van der Waals surface area contributed by atoms with Crippen LogP contribution in [0.2, 0.25) is 0 Å². The predicted octanol–water partition coefficient (Wildman–Crippen LogP) is 2.00. The predicted molar refractivity (Wildman–Crippen MR) is 44.8 cm³/mol. The van der Waals surface area contributed by atoms with E-state index in [4.69, 9.17) is 0 Å². The van der Waals surface area contributed by atoms with Crippen molar-refractivity contribution < 1.29 is 13.2 Å². The van der Waals surface area contributed by atoms with E-state index in [9.17, 15) is 18.0 Å². The number of hydrogen-bond acceptors (Lipinski definition) is 1. The molecule has 0 saturated heterocycles. The van der Waals surface area contributed by atoms with Crippen LogP contribution in [0.15, 0.2) is 16.9 Å². The Morgan fingerprint density at radius 2 is 1.92 bits per heavy atom. The quantitative estimate of drug-likeness (QED) is 0.575. The van der Waals surface area contributed by atoms with Gasteiger partial charge in [0.25, 0.3) is 0 Å². The number of hydrogen-bond donors (Lipinski definition) is 1. The molecule has 0 aromatic carbocycles. The number of aromatic nitrogens is 1. The van der Waals surface area contributed by atoms with Crippen molar-refractivity contribution in [3.05, 3.63) is 31.8 Å². The van der Waals surface area contributed by atoms with Crippen LogP contribution in [0.25, 0.3) is 0 Å². The minimum atomic E-state index is -4.40. The van der Waals surface area contributed by atoms with Gasteiger partial charge in [-0.3, -0.25) is 4.79 Å². The number of aromatic amines is 1. The first-order valence-corrected chi connectivity index (χ1v) is 3.95. The molecule has 0 saturated carbocycles. The van der Waals surface area contributed by atoms with E-state index >= 15 is 0 Å². The summed E-state index contributed by atoms with van der Waals surface area (Å²) in [4.78, 5) is 12.6. The van der Waals surface area contributed by atoms with Gasteiger partial charge in [-0.2, -0.15) is 13.2 Å². The lowest BCUT2D eigenvalue weighted by molar-refractivity contribution is -0.138. The van der Waals surface area contributed by atoms with E-state index in [1.54, 1.807) is 0 Å². The van der Waals surface area contributed by atoms with Crippen LogP contribution >= 0.6 is 22.6 Å². The lowest BCUT2D eigenvalue weighted by Crippen LogP contribution is -2.14. The van der Waals surface area contributed by atoms with Crippen LogP contribution in [-0.4, -0.2) is 4.98 Å². The second-order valence-corrected chi connectivity index (χ2v) is 3.13. The summed E-state index contributed by atoms with van der Waals surface area (Å²) in [5, 5.41) is 0. The van der Waals surface area contributed by atoms with E-state index in [0.29, 0.717) is 0 Å². The van der Waals surface area contributed by atoms with Crippen molar-refractivity contribution in [3.63, 3.8) is 0 Å². The Morgan fingerprint density at radius 3 is 2.33 bits per heavy atom. The SMILES string of the molecule is O=c1ccc(C(F)(F)F)c(I)[nH]1. The van der Waals surface area contributed by atoms with Gasteiger partial charge in [-0.05, 0) is 28.7 Å². The molecule has 0 radical (unpaired) electrons. The summed E-state index contributed by atoms with van der Waals surface area (Å²) in [6, 6.07) is 1.62. The number of H-pyrrole nitrogens is 1. The van der Waals surface area contributed by atoms with E-state index in [0.717, 1.165) is 12.1 Å². The molecular weight excluding hydrogens is 286 g/mol. The van der Waals surface area contributed by atoms with Crippen LogP contribution in [0.1, 0.15) is 5.56 Å². The number of rotatable bonds is 0. The zero-order chi connectivity index (χ0) is 9.35. The van der Waals surface area contributed by atoms with Crippen molar-refractivity contribution in [2.45, 2.75) is 6.18 Å². The highest BCUT2D eigenvalue weighted by atomic mass is 127. The number of alkyl halides is 3. The molecule has 6 heteroatoms. The smallest absolute Gasteiger partial charge is 0.317 e. The topological polar surface area (TPSA) is 32.9 Å². The van der Waals surface area contributed by atoms with Crippen LogP contribution < -0.4 is 5.56 Å². The van der Waals surface area contributed by atoms with Gasteiger partial charge in [0.2, 0.25) is 5.56 Å². The van der Waals surface area contributed by atoms with Gasteiger partial charge >= 0.3 is 6.18 Å². The molecule has 0 aliphatic carbocycles. The van der Waals surface area contributed by atoms with Gasteiger partial charge in [0.1, 0.15) is 0 Å². The number of nitrogens with one attached hydrogen (secondary N) is 1. The Kier molecular flexibility index (Phi) is 2.45. The van der Waals surface area contributed by atoms with Crippen molar-refractivity contribution >= 4 is 22.6 Å². The summed E-state index contributed by atoms with van der Waals surface area (Å²) in [6.07, 6.45) is -4.40. The van der Waals surface area contributed by atoms with E-state index in [1.165, 1.54) is 22.6 Å². The lowest BCUT2D eigenvalue weighted by atomic mass is 10.3. The zero-order valence-corrected chi connectivity index (χ0v) is 7.73. The first kappa shape index (κ1) is 9.56. The summed E-state index contributed by atoms with van der Waals surface area (Å²) < 4.78 is 36.0. The van der Waals surface area contributed by atoms with Crippen molar-refractivity contribution in [2.75, 3.05) is 0 Å². The molecule has 0 aliphatic heterocycles. The Morgan fingerprint density at radius 1 is 1.33 bits per heavy atom. The maximum absolute atomic E-state index is 12.1. The van der Waals surface area contributed by atoms with Crippen LogP contribution in [0.3, 0.4) is 0 Å². The standard InChI is InChI=1S/C6H3F3INO/c7-6(8,9)3-1-2-4(12)11-5(3)10/h1-2H,(H,11,12). The average molecular weight is 289 g/mol. The van der Waals surface area contributed by atoms with Crippen molar-refractivity contribution in [1.82, 2.24) is 4.98 Å². The molecule has 0 amide bonds. The van der Waals surface area contributed by atoms with Gasteiger partial charge in [-0.15, -0.1) is 0 Å². The van der Waals surface area contributed by atoms with Crippen molar-refractivity contribution in [3.8, 4) is 0 Å². The fourth-order valence-electron chi connectivity index (χ4n) is 0.668. The molecular formula is C6H3F3INO. The van der Waals surface area contributed by atoms with E-state index in [2.05, 4.69) is 4.98 Å². The van der Waals surface area contributed by atoms with Crippen molar-refractivity contribution in [1.29, 1.82) is 0 Å². The fraction of sp³-hybridized carbons (Fsp3) is 0.167. The van der Waals surface area contributed by atoms with E-state index in [1.807, 2.05) is 0 Å². The molecule has 0 unspecified atom stereocenters.